The first-order valence-corrected chi connectivity index (χ1v) is 16.9. The van der Waals surface area contributed by atoms with Crippen molar-refractivity contribution in [2.45, 2.75) is 46.1 Å². The first-order valence-electron chi connectivity index (χ1n) is 16.9. The van der Waals surface area contributed by atoms with Crippen LogP contribution >= 0.6 is 0 Å². The van der Waals surface area contributed by atoms with Crippen molar-refractivity contribution in [2.24, 2.45) is 5.73 Å². The summed E-state index contributed by atoms with van der Waals surface area (Å²) in [7, 11) is 0. The van der Waals surface area contributed by atoms with Crippen molar-refractivity contribution in [3.63, 3.8) is 0 Å². The third-order valence-corrected chi connectivity index (χ3v) is 9.40. The molecule has 1 atom stereocenters. The highest BCUT2D eigenvalue weighted by Gasteiger charge is 2.23. The van der Waals surface area contributed by atoms with Crippen LogP contribution in [0.5, 0.6) is 0 Å². The largest absolute Gasteiger partial charge is 0.400 e. The van der Waals surface area contributed by atoms with Gasteiger partial charge in [-0.05, 0) is 114 Å². The lowest BCUT2D eigenvalue weighted by atomic mass is 9.89. The van der Waals surface area contributed by atoms with Crippen molar-refractivity contribution in [1.29, 1.82) is 0 Å². The molecule has 3 heteroatoms. The molecule has 1 aromatic heterocycles. The van der Waals surface area contributed by atoms with Gasteiger partial charge >= 0.3 is 0 Å². The molecule has 1 aliphatic carbocycles. The first kappa shape index (κ1) is 32.4. The maximum Gasteiger partial charge on any atom is 0.0845 e. The van der Waals surface area contributed by atoms with E-state index in [4.69, 9.17) is 5.73 Å². The number of hydrogen-bond donors (Lipinski definition) is 2. The van der Waals surface area contributed by atoms with Gasteiger partial charge in [-0.15, -0.1) is 0 Å². The van der Waals surface area contributed by atoms with Crippen molar-refractivity contribution >= 4 is 29.5 Å². The van der Waals surface area contributed by atoms with Crippen molar-refractivity contribution in [1.82, 2.24) is 9.88 Å². The van der Waals surface area contributed by atoms with Crippen LogP contribution in [-0.2, 0) is 6.42 Å². The Morgan fingerprint density at radius 3 is 2.62 bits per heavy atom. The van der Waals surface area contributed by atoms with Crippen LogP contribution < -0.4 is 11.1 Å². The van der Waals surface area contributed by atoms with Gasteiger partial charge in [0.1, 0.15) is 0 Å². The molecule has 48 heavy (non-hydrogen) atoms. The van der Waals surface area contributed by atoms with E-state index in [1.54, 1.807) is 0 Å². The molecule has 1 unspecified atom stereocenters. The average molecular weight is 628 g/mol. The zero-order valence-electron chi connectivity index (χ0n) is 28.3. The van der Waals surface area contributed by atoms with Gasteiger partial charge in [0.05, 0.1) is 17.4 Å². The molecule has 2 aliphatic rings. The van der Waals surface area contributed by atoms with E-state index in [9.17, 15) is 0 Å². The predicted octanol–water partition coefficient (Wildman–Crippen LogP) is 10.8. The first-order chi connectivity index (χ1) is 23.4. The van der Waals surface area contributed by atoms with Crippen molar-refractivity contribution in [3.8, 4) is 16.9 Å². The Morgan fingerprint density at radius 2 is 1.85 bits per heavy atom. The minimum absolute atomic E-state index is 0.0716. The van der Waals surface area contributed by atoms with Crippen molar-refractivity contribution < 1.29 is 0 Å². The quantitative estimate of drug-likeness (QED) is 0.172. The summed E-state index contributed by atoms with van der Waals surface area (Å²) in [5, 5.41) is 3.62. The van der Waals surface area contributed by atoms with Gasteiger partial charge in [0.2, 0.25) is 0 Å². The minimum Gasteiger partial charge on any atom is -0.400 e. The molecule has 3 nitrogen and oxygen atoms in total. The number of nitrogens with zero attached hydrogens (tertiary/aromatic N) is 1. The maximum atomic E-state index is 6.44. The molecule has 2 heterocycles. The third-order valence-electron chi connectivity index (χ3n) is 9.40. The van der Waals surface area contributed by atoms with Crippen molar-refractivity contribution in [2.75, 3.05) is 0 Å². The Labute approximate surface area is 286 Å². The van der Waals surface area contributed by atoms with E-state index in [0.29, 0.717) is 0 Å². The molecule has 3 N–H and O–H groups in total. The van der Waals surface area contributed by atoms with E-state index >= 15 is 0 Å². The number of aromatic nitrogens is 1. The molecule has 0 saturated heterocycles. The van der Waals surface area contributed by atoms with E-state index in [1.165, 1.54) is 27.8 Å². The summed E-state index contributed by atoms with van der Waals surface area (Å²) in [6, 6.07) is 23.8. The monoisotopic (exact) mass is 627 g/mol. The van der Waals surface area contributed by atoms with E-state index in [1.807, 2.05) is 24.3 Å². The number of hydrogen-bond acceptors (Lipinski definition) is 2. The Morgan fingerprint density at radius 1 is 1.02 bits per heavy atom. The van der Waals surface area contributed by atoms with Crippen LogP contribution in [0.1, 0.15) is 64.4 Å². The molecule has 0 radical (unpaired) electrons. The fourth-order valence-electron chi connectivity index (χ4n) is 6.71. The molecule has 0 bridgehead atoms. The zero-order chi connectivity index (χ0) is 33.6. The standard InChI is InChI=1S/C45H45N3/c1-6-9-11-24-41(46)43-26-17-25-42(47-43)36-27-28-40(33(7-2)29-36)45-32(5)31(4)44(48(45)37-20-12-10-13-21-37)30-34(8-3)38-23-16-19-35-18-14-15-22-39(35)38/h7-13,15-17,19-30,43,47H,2-3,6,14,18,46H2,1,4-5H3/b11-9-,34-30+,41-24-. The van der Waals surface area contributed by atoms with Gasteiger partial charge in [0, 0.05) is 22.6 Å². The van der Waals surface area contributed by atoms with E-state index in [-0.39, 0.29) is 6.04 Å². The van der Waals surface area contributed by atoms with Crippen LogP contribution in [0.4, 0.5) is 0 Å². The third kappa shape index (κ3) is 6.37. The maximum absolute atomic E-state index is 6.44. The molecule has 1 aliphatic heterocycles. The summed E-state index contributed by atoms with van der Waals surface area (Å²) in [5.41, 5.74) is 22.4. The summed E-state index contributed by atoms with van der Waals surface area (Å²) in [4.78, 5) is 0. The molecular weight excluding hydrogens is 583 g/mol. The second-order valence-corrected chi connectivity index (χ2v) is 12.4. The molecule has 4 aromatic rings. The smallest absolute Gasteiger partial charge is 0.0845 e. The molecular formula is C45H45N3. The summed E-state index contributed by atoms with van der Waals surface area (Å²) >= 11 is 0. The van der Waals surface area contributed by atoms with Crippen molar-refractivity contribution in [3.05, 3.63) is 179 Å². The van der Waals surface area contributed by atoms with Crippen LogP contribution in [0.2, 0.25) is 0 Å². The lowest BCUT2D eigenvalue weighted by molar-refractivity contribution is 0.792. The highest BCUT2D eigenvalue weighted by Crippen LogP contribution is 2.39. The molecule has 6 rings (SSSR count). The number of fused-ring (bicyclic) bond motifs is 1. The highest BCUT2D eigenvalue weighted by atomic mass is 15.0. The van der Waals surface area contributed by atoms with Gasteiger partial charge in [0.15, 0.2) is 0 Å². The fourth-order valence-corrected chi connectivity index (χ4v) is 6.71. The predicted molar refractivity (Wildman–Crippen MR) is 208 cm³/mol. The molecule has 240 valence electrons. The van der Waals surface area contributed by atoms with Gasteiger partial charge in [0.25, 0.3) is 0 Å². The lowest BCUT2D eigenvalue weighted by Crippen LogP contribution is -2.32. The van der Waals surface area contributed by atoms with E-state index in [0.717, 1.165) is 70.0 Å². The summed E-state index contributed by atoms with van der Waals surface area (Å²) in [5.74, 6) is 0. The number of allylic oxidation sites excluding steroid dienone is 8. The molecule has 0 spiro atoms. The van der Waals surface area contributed by atoms with Crippen LogP contribution in [0, 0.1) is 13.8 Å². The normalized spacial score (nSPS) is 16.1. The number of para-hydroxylation sites is 1. The Kier molecular flexibility index (Phi) is 9.78. The molecule has 0 fully saturated rings. The second-order valence-electron chi connectivity index (χ2n) is 12.4. The summed E-state index contributed by atoms with van der Waals surface area (Å²) in [6.45, 7) is 15.1. The number of aryl methyl sites for hydroxylation is 1. The number of nitrogens with two attached hydrogens (primary N) is 1. The number of rotatable bonds is 10. The zero-order valence-corrected chi connectivity index (χ0v) is 28.3. The summed E-state index contributed by atoms with van der Waals surface area (Å²) < 4.78 is 2.40. The molecule has 0 amide bonds. The summed E-state index contributed by atoms with van der Waals surface area (Å²) in [6.07, 6.45) is 26.3. The lowest BCUT2D eigenvalue weighted by Gasteiger charge is -2.23. The number of dihydropyridines is 1. The van der Waals surface area contributed by atoms with Crippen LogP contribution in [0.15, 0.2) is 134 Å². The van der Waals surface area contributed by atoms with E-state index in [2.05, 4.69) is 153 Å². The van der Waals surface area contributed by atoms with Crippen LogP contribution in [0.3, 0.4) is 0 Å². The topological polar surface area (TPSA) is 43.0 Å². The Bertz CT molecular complexity index is 2040. The van der Waals surface area contributed by atoms with Gasteiger partial charge < -0.3 is 15.6 Å². The fraction of sp³-hybridized carbons (Fsp3) is 0.156. The van der Waals surface area contributed by atoms with E-state index < -0.39 is 0 Å². The average Bonchev–Trinajstić information content (AvgIpc) is 3.38. The molecule has 3 aromatic carbocycles. The number of nitrogens with one attached hydrogen (secondary N) is 1. The van der Waals surface area contributed by atoms with Gasteiger partial charge in [-0.25, -0.2) is 0 Å². The Hall–Kier alpha value is -5.54. The SMILES string of the molecule is C=C/C(=C\c1c(C)c(C)c(-c2ccc(C3=CC=CC(/C(N)=C/C=C\CC)N3)cc2C=C)n1-c1ccccc1)c1cccc2c1C=CCC2. The minimum atomic E-state index is -0.0716. The van der Waals surface area contributed by atoms with Gasteiger partial charge in [-0.1, -0.05) is 117 Å². The second kappa shape index (κ2) is 14.5. The molecule has 0 saturated carbocycles. The highest BCUT2D eigenvalue weighted by molar-refractivity contribution is 5.93. The van der Waals surface area contributed by atoms with Gasteiger partial charge in [-0.2, -0.15) is 0 Å². The van der Waals surface area contributed by atoms with Crippen LogP contribution in [-0.4, -0.2) is 10.6 Å². The number of benzene rings is 3. The van der Waals surface area contributed by atoms with Crippen LogP contribution in [0.25, 0.3) is 46.4 Å². The Balaban J connectivity index is 1.47. The van der Waals surface area contributed by atoms with Gasteiger partial charge in [-0.3, -0.25) is 0 Å².